The van der Waals surface area contributed by atoms with E-state index in [1.807, 2.05) is 0 Å². The summed E-state index contributed by atoms with van der Waals surface area (Å²) in [5.41, 5.74) is 0. The Balaban J connectivity index is 3.23. The quantitative estimate of drug-likeness (QED) is 0.370. The summed E-state index contributed by atoms with van der Waals surface area (Å²) in [6, 6.07) is 0. The lowest BCUT2D eigenvalue weighted by molar-refractivity contribution is -0.142. The first kappa shape index (κ1) is 14.1. The molecule has 0 saturated heterocycles. The van der Waals surface area contributed by atoms with Crippen molar-refractivity contribution < 1.29 is 9.53 Å². The third-order valence-electron chi connectivity index (χ3n) is 1.88. The lowest BCUT2D eigenvalue weighted by Gasteiger charge is -2.06. The minimum atomic E-state index is -0.702. The Kier molecular flexibility index (Phi) is 9.63. The van der Waals surface area contributed by atoms with Crippen LogP contribution in [-0.4, -0.2) is 23.8 Å². The minimum Gasteiger partial charge on any atom is -0.465 e. The predicted octanol–water partition coefficient (Wildman–Crippen LogP) is 3.35. The fourth-order valence-corrected chi connectivity index (χ4v) is 1.22. The van der Waals surface area contributed by atoms with Gasteiger partial charge in [0.25, 0.3) is 0 Å². The van der Waals surface area contributed by atoms with Gasteiger partial charge in [0.1, 0.15) is 5.38 Å². The molecule has 0 heterocycles. The molecule has 0 saturated carbocycles. The summed E-state index contributed by atoms with van der Waals surface area (Å²) >= 11 is 11.0. The number of hydrogen-bond donors (Lipinski definition) is 0. The highest BCUT2D eigenvalue weighted by atomic mass is 35.5. The van der Waals surface area contributed by atoms with E-state index in [1.54, 1.807) is 0 Å². The van der Waals surface area contributed by atoms with Crippen molar-refractivity contribution in [1.82, 2.24) is 0 Å². The second-order valence-corrected chi connectivity index (χ2v) is 4.04. The van der Waals surface area contributed by atoms with Crippen LogP contribution in [0, 0.1) is 0 Å². The fraction of sp³-hybridized carbons (Fsp3) is 0.900. The van der Waals surface area contributed by atoms with Gasteiger partial charge < -0.3 is 4.74 Å². The molecule has 0 aliphatic rings. The van der Waals surface area contributed by atoms with E-state index in [0.29, 0.717) is 6.61 Å². The molecule has 0 spiro atoms. The van der Waals surface area contributed by atoms with Gasteiger partial charge in [-0.3, -0.25) is 4.79 Å². The van der Waals surface area contributed by atoms with Crippen molar-refractivity contribution in [2.75, 3.05) is 12.5 Å². The van der Waals surface area contributed by atoms with Crippen LogP contribution in [-0.2, 0) is 9.53 Å². The summed E-state index contributed by atoms with van der Waals surface area (Å²) in [6.45, 7) is 2.63. The molecule has 0 radical (unpaired) electrons. The number of ether oxygens (including phenoxy) is 1. The van der Waals surface area contributed by atoms with Crippen LogP contribution in [0.3, 0.4) is 0 Å². The highest BCUT2D eigenvalue weighted by Gasteiger charge is 2.14. The largest absolute Gasteiger partial charge is 0.465 e. The van der Waals surface area contributed by atoms with Gasteiger partial charge in [0.05, 0.1) is 6.61 Å². The van der Waals surface area contributed by atoms with Gasteiger partial charge in [-0.25, -0.2) is 0 Å². The summed E-state index contributed by atoms with van der Waals surface area (Å²) in [4.78, 5) is 11.0. The molecule has 0 aromatic carbocycles. The summed E-state index contributed by atoms with van der Waals surface area (Å²) in [7, 11) is 0. The Morgan fingerprint density at radius 2 is 1.93 bits per heavy atom. The number of rotatable bonds is 8. The molecule has 0 unspecified atom stereocenters. The standard InChI is InChI=1S/C10H18Cl2O2/c1-2-3-4-5-6-7-14-10(13)9(12)8-11/h9H,2-8H2,1H3/t9-/m1/s1. The summed E-state index contributed by atoms with van der Waals surface area (Å²) < 4.78 is 4.92. The van der Waals surface area contributed by atoms with E-state index in [2.05, 4.69) is 6.92 Å². The Hall–Kier alpha value is 0.0500. The maximum absolute atomic E-state index is 11.0. The van der Waals surface area contributed by atoms with Crippen molar-refractivity contribution in [3.63, 3.8) is 0 Å². The van der Waals surface area contributed by atoms with Crippen molar-refractivity contribution in [2.45, 2.75) is 44.4 Å². The molecule has 0 N–H and O–H groups in total. The van der Waals surface area contributed by atoms with Crippen molar-refractivity contribution in [1.29, 1.82) is 0 Å². The lowest BCUT2D eigenvalue weighted by atomic mass is 10.2. The van der Waals surface area contributed by atoms with Crippen molar-refractivity contribution >= 4 is 29.2 Å². The van der Waals surface area contributed by atoms with E-state index in [-0.39, 0.29) is 5.88 Å². The first-order valence-corrected chi connectivity index (χ1v) is 6.06. The van der Waals surface area contributed by atoms with E-state index >= 15 is 0 Å². The third kappa shape index (κ3) is 7.45. The van der Waals surface area contributed by atoms with E-state index in [0.717, 1.165) is 12.8 Å². The first-order chi connectivity index (χ1) is 6.72. The highest BCUT2D eigenvalue weighted by molar-refractivity contribution is 6.35. The molecule has 2 nitrogen and oxygen atoms in total. The third-order valence-corrected chi connectivity index (χ3v) is 2.68. The molecular formula is C10H18Cl2O2. The predicted molar refractivity (Wildman–Crippen MR) is 60.1 cm³/mol. The number of carbonyl (C=O) groups is 1. The molecule has 4 heteroatoms. The zero-order valence-corrected chi connectivity index (χ0v) is 10.1. The molecule has 1 atom stereocenters. The average Bonchev–Trinajstić information content (AvgIpc) is 2.21. The van der Waals surface area contributed by atoms with Crippen molar-refractivity contribution in [3.8, 4) is 0 Å². The van der Waals surface area contributed by atoms with Gasteiger partial charge >= 0.3 is 5.97 Å². The van der Waals surface area contributed by atoms with E-state index in [9.17, 15) is 4.79 Å². The Labute approximate surface area is 95.9 Å². The molecule has 0 fully saturated rings. The Morgan fingerprint density at radius 3 is 2.50 bits per heavy atom. The van der Waals surface area contributed by atoms with Gasteiger partial charge in [-0.1, -0.05) is 32.6 Å². The molecule has 0 aliphatic carbocycles. The Morgan fingerprint density at radius 1 is 1.29 bits per heavy atom. The molecule has 0 aliphatic heterocycles. The van der Waals surface area contributed by atoms with Crippen LogP contribution in [0.5, 0.6) is 0 Å². The van der Waals surface area contributed by atoms with Gasteiger partial charge in [0.15, 0.2) is 0 Å². The monoisotopic (exact) mass is 240 g/mol. The summed E-state index contributed by atoms with van der Waals surface area (Å²) in [5, 5.41) is -0.702. The molecule has 0 aromatic heterocycles. The van der Waals surface area contributed by atoms with Crippen LogP contribution in [0.2, 0.25) is 0 Å². The number of hydrogen-bond acceptors (Lipinski definition) is 2. The van der Waals surface area contributed by atoms with E-state index < -0.39 is 11.3 Å². The van der Waals surface area contributed by atoms with Crippen LogP contribution in [0.1, 0.15) is 39.0 Å². The first-order valence-electron chi connectivity index (χ1n) is 5.09. The average molecular weight is 241 g/mol. The maximum Gasteiger partial charge on any atom is 0.325 e. The molecule has 14 heavy (non-hydrogen) atoms. The summed E-state index contributed by atoms with van der Waals surface area (Å²) in [5.74, 6) is -0.298. The van der Waals surface area contributed by atoms with Crippen LogP contribution in [0.15, 0.2) is 0 Å². The smallest absolute Gasteiger partial charge is 0.325 e. The number of alkyl halides is 2. The van der Waals surface area contributed by atoms with E-state index in [4.69, 9.17) is 27.9 Å². The highest BCUT2D eigenvalue weighted by Crippen LogP contribution is 2.05. The maximum atomic E-state index is 11.0. The van der Waals surface area contributed by atoms with Crippen LogP contribution >= 0.6 is 23.2 Å². The van der Waals surface area contributed by atoms with Gasteiger partial charge in [-0.15, -0.1) is 23.2 Å². The number of unbranched alkanes of at least 4 members (excludes halogenated alkanes) is 4. The Bertz CT molecular complexity index is 151. The van der Waals surface area contributed by atoms with Gasteiger partial charge in [0, 0.05) is 5.88 Å². The SMILES string of the molecule is CCCCCCCOC(=O)[C@H](Cl)CCl. The van der Waals surface area contributed by atoms with Crippen LogP contribution in [0.25, 0.3) is 0 Å². The van der Waals surface area contributed by atoms with Gasteiger partial charge in [-0.05, 0) is 6.42 Å². The molecule has 0 bridgehead atoms. The fourth-order valence-electron chi connectivity index (χ4n) is 1.03. The zero-order chi connectivity index (χ0) is 10.8. The van der Waals surface area contributed by atoms with Crippen LogP contribution < -0.4 is 0 Å². The topological polar surface area (TPSA) is 26.3 Å². The van der Waals surface area contributed by atoms with E-state index in [1.165, 1.54) is 19.3 Å². The molecule has 0 rings (SSSR count). The van der Waals surface area contributed by atoms with Gasteiger partial charge in [-0.2, -0.15) is 0 Å². The summed E-state index contributed by atoms with van der Waals surface area (Å²) in [6.07, 6.45) is 5.68. The second-order valence-electron chi connectivity index (χ2n) is 3.20. The van der Waals surface area contributed by atoms with Gasteiger partial charge in [0.2, 0.25) is 0 Å². The molecule has 84 valence electrons. The minimum absolute atomic E-state index is 0.107. The number of esters is 1. The normalized spacial score (nSPS) is 12.5. The van der Waals surface area contributed by atoms with Crippen molar-refractivity contribution in [3.05, 3.63) is 0 Å². The molecule has 0 amide bonds. The number of carbonyl (C=O) groups excluding carboxylic acids is 1. The second kappa shape index (κ2) is 9.60. The number of halogens is 2. The molecule has 0 aromatic rings. The van der Waals surface area contributed by atoms with Crippen molar-refractivity contribution in [2.24, 2.45) is 0 Å². The van der Waals surface area contributed by atoms with Crippen LogP contribution in [0.4, 0.5) is 0 Å². The lowest BCUT2D eigenvalue weighted by Crippen LogP contribution is -2.19. The zero-order valence-electron chi connectivity index (χ0n) is 8.60. The molecular weight excluding hydrogens is 223 g/mol.